The lowest BCUT2D eigenvalue weighted by Crippen LogP contribution is -2.21. The molecule has 0 N–H and O–H groups in total. The van der Waals surface area contributed by atoms with Crippen molar-refractivity contribution in [3.05, 3.63) is 35.4 Å². The van der Waals surface area contributed by atoms with Crippen molar-refractivity contribution in [1.29, 1.82) is 0 Å². The van der Waals surface area contributed by atoms with E-state index < -0.39 is 5.97 Å². The highest BCUT2D eigenvalue weighted by Gasteiger charge is 2.04. The monoisotopic (exact) mass is 205 g/mol. The number of hydrogen-bond acceptors (Lipinski definition) is 3. The molecule has 0 aliphatic heterocycles. The first-order valence-electron chi connectivity index (χ1n) is 4.89. The Kier molecular flexibility index (Phi) is 4.03. The summed E-state index contributed by atoms with van der Waals surface area (Å²) in [4.78, 5) is 21.7. The third-order valence-corrected chi connectivity index (χ3v) is 2.16. The van der Waals surface area contributed by atoms with Gasteiger partial charge in [-0.3, -0.25) is 4.79 Å². The second kappa shape index (κ2) is 5.29. The van der Waals surface area contributed by atoms with Gasteiger partial charge in [0.05, 0.1) is 0 Å². The normalized spacial score (nSPS) is 9.93. The van der Waals surface area contributed by atoms with E-state index >= 15 is 0 Å². The van der Waals surface area contributed by atoms with Gasteiger partial charge < -0.3 is 9.90 Å². The first kappa shape index (κ1) is 11.4. The maximum absolute atomic E-state index is 11.5. The molecule has 1 rings (SSSR count). The van der Waals surface area contributed by atoms with Gasteiger partial charge in [0, 0.05) is 18.0 Å². The van der Waals surface area contributed by atoms with Gasteiger partial charge in [-0.15, -0.1) is 0 Å². The van der Waals surface area contributed by atoms with Gasteiger partial charge >= 0.3 is 0 Å². The van der Waals surface area contributed by atoms with Gasteiger partial charge in [0.15, 0.2) is 5.78 Å². The van der Waals surface area contributed by atoms with Gasteiger partial charge in [-0.2, -0.15) is 0 Å². The fraction of sp³-hybridized carbons (Fsp3) is 0.333. The molecule has 0 spiro atoms. The van der Waals surface area contributed by atoms with Crippen molar-refractivity contribution in [2.24, 2.45) is 0 Å². The fourth-order valence-electron chi connectivity index (χ4n) is 1.28. The summed E-state index contributed by atoms with van der Waals surface area (Å²) >= 11 is 0. The smallest absolute Gasteiger partial charge is 0.162 e. The number of aliphatic carboxylic acids is 1. The lowest BCUT2D eigenvalue weighted by atomic mass is 10.0. The van der Waals surface area contributed by atoms with Crippen LogP contribution in [0, 0.1) is 6.92 Å². The third kappa shape index (κ3) is 3.94. The standard InChI is InChI=1S/C12H14O3/c1-9-5-7-10(8-6-9)11(13)3-2-4-12(14)15/h5-8H,2-4H2,1H3,(H,14,15)/p-1. The Morgan fingerprint density at radius 2 is 1.73 bits per heavy atom. The van der Waals surface area contributed by atoms with Crippen LogP contribution in [0.1, 0.15) is 35.2 Å². The van der Waals surface area contributed by atoms with Crippen LogP contribution in [-0.4, -0.2) is 11.8 Å². The van der Waals surface area contributed by atoms with E-state index in [1.54, 1.807) is 12.1 Å². The van der Waals surface area contributed by atoms with Crippen LogP contribution in [0.5, 0.6) is 0 Å². The molecule has 80 valence electrons. The van der Waals surface area contributed by atoms with Gasteiger partial charge in [-0.05, 0) is 19.8 Å². The van der Waals surface area contributed by atoms with E-state index in [2.05, 4.69) is 0 Å². The molecule has 0 amide bonds. The van der Waals surface area contributed by atoms with Crippen molar-refractivity contribution in [2.75, 3.05) is 0 Å². The summed E-state index contributed by atoms with van der Waals surface area (Å²) in [6.45, 7) is 1.95. The molecule has 0 radical (unpaired) electrons. The summed E-state index contributed by atoms with van der Waals surface area (Å²) in [5, 5.41) is 10.1. The summed E-state index contributed by atoms with van der Waals surface area (Å²) in [7, 11) is 0. The highest BCUT2D eigenvalue weighted by molar-refractivity contribution is 5.96. The van der Waals surface area contributed by atoms with Crippen LogP contribution < -0.4 is 5.11 Å². The molecule has 0 unspecified atom stereocenters. The number of benzene rings is 1. The molecular formula is C12H13O3-. The van der Waals surface area contributed by atoms with E-state index in [0.29, 0.717) is 12.0 Å². The maximum atomic E-state index is 11.5. The van der Waals surface area contributed by atoms with Crippen LogP contribution >= 0.6 is 0 Å². The van der Waals surface area contributed by atoms with Crippen molar-refractivity contribution in [2.45, 2.75) is 26.2 Å². The second-order valence-electron chi connectivity index (χ2n) is 3.51. The topological polar surface area (TPSA) is 57.2 Å². The minimum Gasteiger partial charge on any atom is -0.550 e. The highest BCUT2D eigenvalue weighted by atomic mass is 16.4. The van der Waals surface area contributed by atoms with Crippen LogP contribution in [0.2, 0.25) is 0 Å². The van der Waals surface area contributed by atoms with Gasteiger partial charge in [0.1, 0.15) is 0 Å². The van der Waals surface area contributed by atoms with Crippen molar-refractivity contribution in [3.63, 3.8) is 0 Å². The van der Waals surface area contributed by atoms with E-state index in [1.165, 1.54) is 0 Å². The highest BCUT2D eigenvalue weighted by Crippen LogP contribution is 2.08. The Hall–Kier alpha value is -1.64. The number of carboxylic acid groups (broad SMARTS) is 1. The molecule has 3 heteroatoms. The largest absolute Gasteiger partial charge is 0.550 e. The molecule has 0 atom stereocenters. The number of hydrogen-bond donors (Lipinski definition) is 0. The van der Waals surface area contributed by atoms with Crippen LogP contribution in [0.4, 0.5) is 0 Å². The average Bonchev–Trinajstić information content (AvgIpc) is 2.18. The first-order chi connectivity index (χ1) is 7.09. The van der Waals surface area contributed by atoms with E-state index in [1.807, 2.05) is 19.1 Å². The van der Waals surface area contributed by atoms with Gasteiger partial charge in [0.2, 0.25) is 0 Å². The number of carbonyl (C=O) groups is 2. The number of ketones is 1. The molecule has 15 heavy (non-hydrogen) atoms. The van der Waals surface area contributed by atoms with Crippen LogP contribution in [-0.2, 0) is 4.79 Å². The molecule has 1 aromatic carbocycles. The summed E-state index contributed by atoms with van der Waals surface area (Å²) in [6, 6.07) is 7.26. The van der Waals surface area contributed by atoms with Gasteiger partial charge in [0.25, 0.3) is 0 Å². The SMILES string of the molecule is Cc1ccc(C(=O)CCCC(=O)[O-])cc1. The summed E-state index contributed by atoms with van der Waals surface area (Å²) in [5.74, 6) is -1.12. The Morgan fingerprint density at radius 3 is 2.27 bits per heavy atom. The molecule has 0 aliphatic rings. The molecule has 0 saturated heterocycles. The number of carboxylic acids is 1. The Labute approximate surface area is 88.7 Å². The lowest BCUT2D eigenvalue weighted by molar-refractivity contribution is -0.305. The van der Waals surface area contributed by atoms with Crippen LogP contribution in [0.25, 0.3) is 0 Å². The molecule has 0 fully saturated rings. The minimum absolute atomic E-state index is 0.0174. The van der Waals surface area contributed by atoms with Gasteiger partial charge in [-0.1, -0.05) is 29.8 Å². The number of Topliss-reactive ketones (excluding diaryl/α,β-unsaturated/α-hetero) is 1. The average molecular weight is 205 g/mol. The molecule has 0 heterocycles. The number of rotatable bonds is 5. The zero-order valence-corrected chi connectivity index (χ0v) is 8.66. The van der Waals surface area contributed by atoms with Crippen molar-refractivity contribution >= 4 is 11.8 Å². The van der Waals surface area contributed by atoms with Crippen molar-refractivity contribution in [1.82, 2.24) is 0 Å². The molecule has 0 aliphatic carbocycles. The van der Waals surface area contributed by atoms with E-state index in [0.717, 1.165) is 5.56 Å². The molecular weight excluding hydrogens is 192 g/mol. The predicted molar refractivity (Wildman–Crippen MR) is 54.4 cm³/mol. The number of carbonyl (C=O) groups excluding carboxylic acids is 2. The Morgan fingerprint density at radius 1 is 1.13 bits per heavy atom. The van der Waals surface area contributed by atoms with Crippen molar-refractivity contribution in [3.8, 4) is 0 Å². The first-order valence-corrected chi connectivity index (χ1v) is 4.89. The molecule has 0 aromatic heterocycles. The summed E-state index contributed by atoms with van der Waals surface area (Å²) < 4.78 is 0. The molecule has 1 aromatic rings. The van der Waals surface area contributed by atoms with Crippen molar-refractivity contribution < 1.29 is 14.7 Å². The van der Waals surface area contributed by atoms with E-state index in [4.69, 9.17) is 0 Å². The summed E-state index contributed by atoms with van der Waals surface area (Å²) in [5.41, 5.74) is 1.74. The maximum Gasteiger partial charge on any atom is 0.162 e. The van der Waals surface area contributed by atoms with E-state index in [9.17, 15) is 14.7 Å². The van der Waals surface area contributed by atoms with Gasteiger partial charge in [-0.25, -0.2) is 0 Å². The predicted octanol–water partition coefficient (Wildman–Crippen LogP) is 1.10. The third-order valence-electron chi connectivity index (χ3n) is 2.16. The lowest BCUT2D eigenvalue weighted by Gasteiger charge is -2.02. The second-order valence-corrected chi connectivity index (χ2v) is 3.51. The Balaban J connectivity index is 2.47. The minimum atomic E-state index is -1.10. The van der Waals surface area contributed by atoms with Crippen LogP contribution in [0.15, 0.2) is 24.3 Å². The fourth-order valence-corrected chi connectivity index (χ4v) is 1.28. The number of aryl methyl sites for hydroxylation is 1. The zero-order valence-electron chi connectivity index (χ0n) is 8.66. The molecule has 3 nitrogen and oxygen atoms in total. The summed E-state index contributed by atoms with van der Waals surface area (Å²) in [6.07, 6.45) is 0.545. The molecule has 0 bridgehead atoms. The quantitative estimate of drug-likeness (QED) is 0.676. The Bertz CT molecular complexity index is 352. The molecule has 0 saturated carbocycles. The zero-order chi connectivity index (χ0) is 11.3. The van der Waals surface area contributed by atoms with E-state index in [-0.39, 0.29) is 18.6 Å². The van der Waals surface area contributed by atoms with Crippen LogP contribution in [0.3, 0.4) is 0 Å².